The highest BCUT2D eigenvalue weighted by Gasteiger charge is 2.36. The Balaban J connectivity index is 1.90. The van der Waals surface area contributed by atoms with Gasteiger partial charge in [0, 0.05) is 29.5 Å². The number of azide groups is 1. The standard InChI is InChI=1S/C15H20N6O6/c1-8-4-20(13-3-11(17-19-16)12(7-23)26-13)15(25)21(14(8)24)5-10-2-9(6-22)18-27-10/h4,10-13,22-23H,2-3,5-7H2,1H3. The van der Waals surface area contributed by atoms with Gasteiger partial charge in [-0.05, 0) is 12.5 Å². The van der Waals surface area contributed by atoms with E-state index in [9.17, 15) is 14.7 Å². The van der Waals surface area contributed by atoms with Crippen molar-refractivity contribution < 1.29 is 19.8 Å². The second kappa shape index (κ2) is 7.92. The van der Waals surface area contributed by atoms with Crippen LogP contribution in [-0.2, 0) is 16.1 Å². The minimum absolute atomic E-state index is 0.0255. The molecule has 4 atom stereocenters. The summed E-state index contributed by atoms with van der Waals surface area (Å²) in [5, 5.41) is 25.8. The molecule has 4 unspecified atom stereocenters. The molecule has 3 heterocycles. The molecule has 3 rings (SSSR count). The number of aryl methyl sites for hydroxylation is 1. The van der Waals surface area contributed by atoms with E-state index in [1.165, 1.54) is 10.8 Å². The van der Waals surface area contributed by atoms with Gasteiger partial charge < -0.3 is 19.8 Å². The maximum absolute atomic E-state index is 12.9. The van der Waals surface area contributed by atoms with Gasteiger partial charge in [-0.1, -0.05) is 10.3 Å². The van der Waals surface area contributed by atoms with Crippen LogP contribution in [0.25, 0.3) is 10.4 Å². The Morgan fingerprint density at radius 1 is 1.44 bits per heavy atom. The molecule has 1 fully saturated rings. The molecular weight excluding hydrogens is 360 g/mol. The molecule has 12 nitrogen and oxygen atoms in total. The van der Waals surface area contributed by atoms with E-state index >= 15 is 0 Å². The summed E-state index contributed by atoms with van der Waals surface area (Å²) in [6.07, 6.45) is -0.115. The van der Waals surface area contributed by atoms with E-state index in [-0.39, 0.29) is 26.2 Å². The average molecular weight is 380 g/mol. The first-order chi connectivity index (χ1) is 13.0. The van der Waals surface area contributed by atoms with Gasteiger partial charge in [0.15, 0.2) is 6.10 Å². The minimum atomic E-state index is -0.774. The highest BCUT2D eigenvalue weighted by Crippen LogP contribution is 2.29. The van der Waals surface area contributed by atoms with Gasteiger partial charge in [0.2, 0.25) is 0 Å². The molecule has 0 bridgehead atoms. The Labute approximate surface area is 152 Å². The summed E-state index contributed by atoms with van der Waals surface area (Å²) < 4.78 is 7.94. The number of aliphatic hydroxyl groups excluding tert-OH is 2. The van der Waals surface area contributed by atoms with Crippen molar-refractivity contribution in [2.75, 3.05) is 13.2 Å². The summed E-state index contributed by atoms with van der Waals surface area (Å²) in [7, 11) is 0. The number of aliphatic hydroxyl groups is 2. The molecule has 0 aliphatic carbocycles. The van der Waals surface area contributed by atoms with Crippen LogP contribution in [0.1, 0.15) is 24.6 Å². The number of aromatic nitrogens is 2. The molecule has 0 amide bonds. The van der Waals surface area contributed by atoms with E-state index in [4.69, 9.17) is 20.2 Å². The molecule has 27 heavy (non-hydrogen) atoms. The summed E-state index contributed by atoms with van der Waals surface area (Å²) in [6, 6.07) is -0.615. The van der Waals surface area contributed by atoms with Crippen LogP contribution >= 0.6 is 0 Å². The van der Waals surface area contributed by atoms with Crippen LogP contribution in [0, 0.1) is 6.92 Å². The Kier molecular flexibility index (Phi) is 5.61. The average Bonchev–Trinajstić information content (AvgIpc) is 3.28. The van der Waals surface area contributed by atoms with Crippen molar-refractivity contribution >= 4 is 5.71 Å². The predicted molar refractivity (Wildman–Crippen MR) is 92.3 cm³/mol. The number of ether oxygens (including phenoxy) is 1. The Bertz CT molecular complexity index is 901. The Morgan fingerprint density at radius 3 is 2.85 bits per heavy atom. The molecule has 12 heteroatoms. The fourth-order valence-corrected chi connectivity index (χ4v) is 3.24. The summed E-state index contributed by atoms with van der Waals surface area (Å²) >= 11 is 0. The first kappa shape index (κ1) is 19.1. The monoisotopic (exact) mass is 380 g/mol. The van der Waals surface area contributed by atoms with E-state index in [0.717, 1.165) is 4.57 Å². The second-order valence-electron chi connectivity index (χ2n) is 6.48. The molecule has 2 aliphatic rings. The summed E-state index contributed by atoms with van der Waals surface area (Å²) in [6.45, 7) is 0.944. The minimum Gasteiger partial charge on any atom is -0.394 e. The smallest absolute Gasteiger partial charge is 0.333 e. The molecule has 1 aromatic rings. The van der Waals surface area contributed by atoms with Crippen molar-refractivity contribution in [1.82, 2.24) is 9.13 Å². The maximum Gasteiger partial charge on any atom is 0.333 e. The maximum atomic E-state index is 12.9. The van der Waals surface area contributed by atoms with Gasteiger partial charge in [-0.3, -0.25) is 13.9 Å². The van der Waals surface area contributed by atoms with Crippen LogP contribution in [0.5, 0.6) is 0 Å². The highest BCUT2D eigenvalue weighted by atomic mass is 16.6. The molecule has 1 saturated heterocycles. The van der Waals surface area contributed by atoms with Crippen molar-refractivity contribution in [3.05, 3.63) is 43.0 Å². The Morgan fingerprint density at radius 2 is 2.22 bits per heavy atom. The second-order valence-corrected chi connectivity index (χ2v) is 6.48. The van der Waals surface area contributed by atoms with E-state index < -0.39 is 35.7 Å². The van der Waals surface area contributed by atoms with Crippen LogP contribution in [0.3, 0.4) is 0 Å². The first-order valence-electron chi connectivity index (χ1n) is 8.44. The fourth-order valence-electron chi connectivity index (χ4n) is 3.24. The first-order valence-corrected chi connectivity index (χ1v) is 8.44. The third-order valence-electron chi connectivity index (χ3n) is 4.62. The van der Waals surface area contributed by atoms with Gasteiger partial charge in [-0.25, -0.2) is 4.79 Å². The van der Waals surface area contributed by atoms with Crippen LogP contribution < -0.4 is 11.2 Å². The SMILES string of the molecule is Cc1cn(C2CC(N=[N+]=[N-])C(CO)O2)c(=O)n(CC2CC(CO)=NO2)c1=O. The van der Waals surface area contributed by atoms with Gasteiger partial charge in [0.1, 0.15) is 6.23 Å². The zero-order chi connectivity index (χ0) is 19.6. The molecule has 0 radical (unpaired) electrons. The van der Waals surface area contributed by atoms with Crippen LogP contribution in [0.4, 0.5) is 0 Å². The fraction of sp³-hybridized carbons (Fsp3) is 0.667. The normalized spacial score (nSPS) is 27.1. The largest absolute Gasteiger partial charge is 0.394 e. The van der Waals surface area contributed by atoms with Gasteiger partial charge >= 0.3 is 5.69 Å². The van der Waals surface area contributed by atoms with Gasteiger partial charge in [-0.15, -0.1) is 0 Å². The summed E-state index contributed by atoms with van der Waals surface area (Å²) in [5.41, 5.74) is 8.36. The number of oxime groups is 1. The lowest BCUT2D eigenvalue weighted by Gasteiger charge is -2.18. The molecule has 0 aromatic carbocycles. The zero-order valence-corrected chi connectivity index (χ0v) is 14.6. The quantitative estimate of drug-likeness (QED) is 0.380. The molecule has 0 saturated carbocycles. The lowest BCUT2D eigenvalue weighted by Crippen LogP contribution is -2.44. The van der Waals surface area contributed by atoms with Crippen LogP contribution in [-0.4, -0.2) is 56.5 Å². The van der Waals surface area contributed by atoms with Crippen molar-refractivity contribution in [3.8, 4) is 0 Å². The molecule has 146 valence electrons. The number of hydrogen-bond donors (Lipinski definition) is 2. The third-order valence-corrected chi connectivity index (χ3v) is 4.62. The Hall–Kier alpha value is -2.66. The molecular formula is C15H20N6O6. The summed E-state index contributed by atoms with van der Waals surface area (Å²) in [4.78, 5) is 33.2. The van der Waals surface area contributed by atoms with E-state index in [1.54, 1.807) is 6.92 Å². The van der Waals surface area contributed by atoms with Gasteiger partial charge in [-0.2, -0.15) is 0 Å². The highest BCUT2D eigenvalue weighted by molar-refractivity contribution is 5.86. The van der Waals surface area contributed by atoms with E-state index in [0.29, 0.717) is 17.7 Å². The van der Waals surface area contributed by atoms with Crippen molar-refractivity contribution in [2.24, 2.45) is 10.3 Å². The number of hydrogen-bond acceptors (Lipinski definition) is 8. The van der Waals surface area contributed by atoms with Crippen molar-refractivity contribution in [3.63, 3.8) is 0 Å². The van der Waals surface area contributed by atoms with Crippen LogP contribution in [0.15, 0.2) is 26.1 Å². The molecule has 0 spiro atoms. The molecule has 1 aromatic heterocycles. The van der Waals surface area contributed by atoms with E-state index in [1.807, 2.05) is 0 Å². The van der Waals surface area contributed by atoms with Crippen molar-refractivity contribution in [2.45, 2.75) is 50.8 Å². The lowest BCUT2D eigenvalue weighted by atomic mass is 10.1. The van der Waals surface area contributed by atoms with Crippen molar-refractivity contribution in [1.29, 1.82) is 0 Å². The van der Waals surface area contributed by atoms with Gasteiger partial charge in [0.05, 0.1) is 37.6 Å². The molecule has 2 aliphatic heterocycles. The topological polar surface area (TPSA) is 164 Å². The number of rotatable bonds is 6. The summed E-state index contributed by atoms with van der Waals surface area (Å²) in [5.74, 6) is 0. The molecule has 2 N–H and O–H groups in total. The van der Waals surface area contributed by atoms with Gasteiger partial charge in [0.25, 0.3) is 5.56 Å². The number of nitrogens with zero attached hydrogens (tertiary/aromatic N) is 6. The lowest BCUT2D eigenvalue weighted by molar-refractivity contribution is -0.0281. The predicted octanol–water partition coefficient (Wildman–Crippen LogP) is -0.586. The van der Waals surface area contributed by atoms with Crippen LogP contribution in [0.2, 0.25) is 0 Å². The van der Waals surface area contributed by atoms with E-state index in [2.05, 4.69) is 15.2 Å². The zero-order valence-electron chi connectivity index (χ0n) is 14.6. The third kappa shape index (κ3) is 3.74.